The number of Topliss-reactive ketones (excluding diaryl/α,β-unsaturated/α-hetero) is 1. The minimum atomic E-state index is -0.229. The van der Waals surface area contributed by atoms with Crippen molar-refractivity contribution in [2.24, 2.45) is 0 Å². The number of ketones is 1. The number of rotatable bonds is 4. The van der Waals surface area contributed by atoms with E-state index in [4.69, 9.17) is 39.5 Å². The number of ether oxygens (including phenoxy) is 1. The van der Waals surface area contributed by atoms with Gasteiger partial charge in [0.15, 0.2) is 6.61 Å². The van der Waals surface area contributed by atoms with Crippen molar-refractivity contribution in [1.29, 1.82) is 0 Å². The molecule has 2 rings (SSSR count). The molecule has 2 aromatic rings. The van der Waals surface area contributed by atoms with Crippen molar-refractivity contribution in [1.82, 2.24) is 0 Å². The van der Waals surface area contributed by atoms with Crippen molar-refractivity contribution in [2.75, 3.05) is 6.61 Å². The average molecular weight is 344 g/mol. The molecule has 5 heteroatoms. The number of carbonyl (C=O) groups excluding carboxylic acids is 1. The van der Waals surface area contributed by atoms with E-state index >= 15 is 0 Å². The van der Waals surface area contributed by atoms with Crippen molar-refractivity contribution in [3.63, 3.8) is 0 Å². The summed E-state index contributed by atoms with van der Waals surface area (Å²) in [5.74, 6) is 0.369. The van der Waals surface area contributed by atoms with Gasteiger partial charge >= 0.3 is 0 Å². The molecule has 0 saturated carbocycles. The Morgan fingerprint density at radius 2 is 1.67 bits per heavy atom. The van der Waals surface area contributed by atoms with Crippen molar-refractivity contribution in [3.8, 4) is 5.75 Å². The van der Waals surface area contributed by atoms with E-state index in [0.717, 1.165) is 11.1 Å². The van der Waals surface area contributed by atoms with E-state index in [1.165, 1.54) is 6.07 Å². The topological polar surface area (TPSA) is 26.3 Å². The average Bonchev–Trinajstić information content (AvgIpc) is 2.44. The fraction of sp³-hybridized carbons (Fsp3) is 0.188. The molecule has 0 atom stereocenters. The molecule has 0 N–H and O–H groups in total. The van der Waals surface area contributed by atoms with E-state index in [2.05, 4.69) is 0 Å². The molecule has 0 aliphatic heterocycles. The number of benzene rings is 2. The summed E-state index contributed by atoms with van der Waals surface area (Å²) in [6.07, 6.45) is 0. The largest absolute Gasteiger partial charge is 0.485 e. The first-order valence-electron chi connectivity index (χ1n) is 6.26. The van der Waals surface area contributed by atoms with Crippen LogP contribution >= 0.6 is 34.8 Å². The first kappa shape index (κ1) is 16.2. The van der Waals surface area contributed by atoms with Gasteiger partial charge in [-0.15, -0.1) is 0 Å². The van der Waals surface area contributed by atoms with Gasteiger partial charge in [-0.1, -0.05) is 34.8 Å². The highest BCUT2D eigenvalue weighted by atomic mass is 35.5. The Balaban J connectivity index is 2.13. The molecule has 0 aliphatic rings. The highest BCUT2D eigenvalue weighted by Crippen LogP contribution is 2.26. The lowest BCUT2D eigenvalue weighted by atomic mass is 10.1. The summed E-state index contributed by atoms with van der Waals surface area (Å²) in [5.41, 5.74) is 2.16. The first-order valence-corrected chi connectivity index (χ1v) is 7.39. The molecule has 0 amide bonds. The monoisotopic (exact) mass is 342 g/mol. The summed E-state index contributed by atoms with van der Waals surface area (Å²) in [4.78, 5) is 12.1. The Bertz CT molecular complexity index is 673. The van der Waals surface area contributed by atoms with Crippen LogP contribution in [0.1, 0.15) is 21.5 Å². The molecular weight excluding hydrogens is 331 g/mol. The number of aryl methyl sites for hydroxylation is 2. The molecule has 0 bridgehead atoms. The summed E-state index contributed by atoms with van der Waals surface area (Å²) in [6.45, 7) is 3.66. The van der Waals surface area contributed by atoms with Gasteiger partial charge in [0.05, 0.1) is 5.02 Å². The van der Waals surface area contributed by atoms with Gasteiger partial charge in [0.2, 0.25) is 5.78 Å². The fourth-order valence-corrected chi connectivity index (χ4v) is 2.43. The lowest BCUT2D eigenvalue weighted by Gasteiger charge is -2.10. The number of hydrogen-bond acceptors (Lipinski definition) is 2. The van der Waals surface area contributed by atoms with E-state index in [9.17, 15) is 4.79 Å². The minimum absolute atomic E-state index is 0.111. The van der Waals surface area contributed by atoms with Crippen LogP contribution < -0.4 is 4.74 Å². The predicted octanol–water partition coefficient (Wildman–Crippen LogP) is 5.53. The van der Waals surface area contributed by atoms with Crippen molar-refractivity contribution < 1.29 is 9.53 Å². The maximum atomic E-state index is 12.1. The maximum Gasteiger partial charge on any atom is 0.201 e. The molecule has 0 spiro atoms. The van der Waals surface area contributed by atoms with Gasteiger partial charge in [0.1, 0.15) is 5.75 Å². The van der Waals surface area contributed by atoms with Gasteiger partial charge in [-0.2, -0.15) is 0 Å². The van der Waals surface area contributed by atoms with Gasteiger partial charge in [0, 0.05) is 15.6 Å². The molecule has 0 aromatic heterocycles. The lowest BCUT2D eigenvalue weighted by molar-refractivity contribution is 0.0921. The highest BCUT2D eigenvalue weighted by molar-refractivity contribution is 6.36. The maximum absolute atomic E-state index is 12.1. The van der Waals surface area contributed by atoms with Gasteiger partial charge in [-0.05, 0) is 55.3 Å². The van der Waals surface area contributed by atoms with E-state index in [0.29, 0.717) is 26.4 Å². The second-order valence-electron chi connectivity index (χ2n) is 4.71. The molecule has 2 nitrogen and oxygen atoms in total. The molecule has 0 fully saturated rings. The third-order valence-corrected chi connectivity index (χ3v) is 4.17. The molecule has 0 saturated heterocycles. The number of hydrogen-bond donors (Lipinski definition) is 0. The first-order chi connectivity index (χ1) is 9.88. The Labute approximate surface area is 138 Å². The molecule has 0 heterocycles. The fourth-order valence-electron chi connectivity index (χ4n) is 1.93. The van der Waals surface area contributed by atoms with Crippen LogP contribution in [0.15, 0.2) is 30.3 Å². The van der Waals surface area contributed by atoms with Crippen LogP contribution in [0.5, 0.6) is 5.75 Å². The van der Waals surface area contributed by atoms with Crippen LogP contribution in [0.2, 0.25) is 15.1 Å². The van der Waals surface area contributed by atoms with Crippen LogP contribution in [0.3, 0.4) is 0 Å². The summed E-state index contributed by atoms with van der Waals surface area (Å²) in [6, 6.07) is 8.35. The molecule has 21 heavy (non-hydrogen) atoms. The van der Waals surface area contributed by atoms with Gasteiger partial charge in [-0.3, -0.25) is 4.79 Å². The van der Waals surface area contributed by atoms with E-state index in [1.807, 2.05) is 13.8 Å². The lowest BCUT2D eigenvalue weighted by Crippen LogP contribution is -2.12. The van der Waals surface area contributed by atoms with Gasteiger partial charge in [-0.25, -0.2) is 0 Å². The van der Waals surface area contributed by atoms with Gasteiger partial charge < -0.3 is 4.74 Å². The van der Waals surface area contributed by atoms with Crippen LogP contribution in [0.25, 0.3) is 0 Å². The second kappa shape index (κ2) is 6.69. The smallest absolute Gasteiger partial charge is 0.201 e. The van der Waals surface area contributed by atoms with Crippen molar-refractivity contribution in [2.45, 2.75) is 13.8 Å². The zero-order valence-corrected chi connectivity index (χ0v) is 13.8. The third kappa shape index (κ3) is 3.91. The zero-order valence-electron chi connectivity index (χ0n) is 11.5. The molecule has 0 unspecified atom stereocenters. The summed E-state index contributed by atoms with van der Waals surface area (Å²) in [7, 11) is 0. The highest BCUT2D eigenvalue weighted by Gasteiger charge is 2.12. The Morgan fingerprint density at radius 3 is 2.29 bits per heavy atom. The van der Waals surface area contributed by atoms with E-state index in [1.54, 1.807) is 24.3 Å². The second-order valence-corrected chi connectivity index (χ2v) is 5.93. The SMILES string of the molecule is Cc1cc(OCC(=O)c2cc(Cl)ccc2Cl)cc(C)c1Cl. The molecule has 2 aromatic carbocycles. The summed E-state index contributed by atoms with van der Waals surface area (Å²) < 4.78 is 5.52. The molecule has 0 aliphatic carbocycles. The van der Waals surface area contributed by atoms with Crippen LogP contribution in [0, 0.1) is 13.8 Å². The normalized spacial score (nSPS) is 10.5. The van der Waals surface area contributed by atoms with E-state index < -0.39 is 0 Å². The van der Waals surface area contributed by atoms with Crippen molar-refractivity contribution >= 4 is 40.6 Å². The summed E-state index contributed by atoms with van der Waals surface area (Å²) >= 11 is 18.0. The third-order valence-electron chi connectivity index (χ3n) is 3.01. The number of halogens is 3. The Morgan fingerprint density at radius 1 is 1.05 bits per heavy atom. The quantitative estimate of drug-likeness (QED) is 0.683. The predicted molar refractivity (Wildman–Crippen MR) is 87.2 cm³/mol. The molecular formula is C16H13Cl3O2. The van der Waals surface area contributed by atoms with E-state index in [-0.39, 0.29) is 12.4 Å². The van der Waals surface area contributed by atoms with Crippen LogP contribution in [-0.4, -0.2) is 12.4 Å². The minimum Gasteiger partial charge on any atom is -0.485 e. The van der Waals surface area contributed by atoms with Crippen molar-refractivity contribution in [3.05, 3.63) is 62.1 Å². The number of carbonyl (C=O) groups is 1. The Hall–Kier alpha value is -1.22. The Kier molecular flexibility index (Phi) is 5.15. The standard InChI is InChI=1S/C16H13Cl3O2/c1-9-5-12(6-10(2)16(9)19)21-8-15(20)13-7-11(17)3-4-14(13)18/h3-7H,8H2,1-2H3. The van der Waals surface area contributed by atoms with Gasteiger partial charge in [0.25, 0.3) is 0 Å². The van der Waals surface area contributed by atoms with Crippen LogP contribution in [-0.2, 0) is 0 Å². The molecule has 0 radical (unpaired) electrons. The van der Waals surface area contributed by atoms with Crippen LogP contribution in [0.4, 0.5) is 0 Å². The molecule has 110 valence electrons. The summed E-state index contributed by atoms with van der Waals surface area (Å²) in [5, 5.41) is 1.52. The zero-order chi connectivity index (χ0) is 15.6.